The number of hydrogen-bond acceptors (Lipinski definition) is 5. The fraction of sp³-hybridized carbons (Fsp3) is 0.438. The molecule has 3 N–H and O–H groups in total. The van der Waals surface area contributed by atoms with Gasteiger partial charge in [0.25, 0.3) is 0 Å². The van der Waals surface area contributed by atoms with Crippen LogP contribution >= 0.6 is 0 Å². The van der Waals surface area contributed by atoms with Gasteiger partial charge in [0, 0.05) is 13.5 Å². The SMILES string of the molecule is CC(=O)NCC(=O)N[C@@H]1CCOC[C@H]1Oc1ccc(C(=O)O)cc1. The Morgan fingerprint density at radius 3 is 2.62 bits per heavy atom. The lowest BCUT2D eigenvalue weighted by Gasteiger charge is -2.32. The fourth-order valence-electron chi connectivity index (χ4n) is 2.31. The minimum Gasteiger partial charge on any atom is -0.486 e. The van der Waals surface area contributed by atoms with Gasteiger partial charge in [-0.3, -0.25) is 9.59 Å². The minimum absolute atomic E-state index is 0.0906. The monoisotopic (exact) mass is 336 g/mol. The summed E-state index contributed by atoms with van der Waals surface area (Å²) in [5, 5.41) is 14.1. The lowest BCUT2D eigenvalue weighted by atomic mass is 10.1. The molecule has 0 saturated carbocycles. The van der Waals surface area contributed by atoms with E-state index in [4.69, 9.17) is 14.6 Å². The van der Waals surface area contributed by atoms with Crippen molar-refractivity contribution < 1.29 is 29.0 Å². The number of carbonyl (C=O) groups excluding carboxylic acids is 2. The zero-order chi connectivity index (χ0) is 17.5. The topological polar surface area (TPSA) is 114 Å². The molecule has 1 aliphatic rings. The zero-order valence-electron chi connectivity index (χ0n) is 13.3. The van der Waals surface area contributed by atoms with E-state index >= 15 is 0 Å². The number of carboxylic acids is 1. The number of carboxylic acid groups (broad SMARTS) is 1. The van der Waals surface area contributed by atoms with Crippen LogP contribution in [-0.2, 0) is 14.3 Å². The van der Waals surface area contributed by atoms with Crippen molar-refractivity contribution in [3.8, 4) is 5.75 Å². The third-order valence-electron chi connectivity index (χ3n) is 3.54. The molecule has 2 rings (SSSR count). The quantitative estimate of drug-likeness (QED) is 0.682. The maximum absolute atomic E-state index is 11.8. The maximum Gasteiger partial charge on any atom is 0.335 e. The molecule has 0 aromatic heterocycles. The molecule has 1 saturated heterocycles. The van der Waals surface area contributed by atoms with Crippen LogP contribution in [0.5, 0.6) is 5.75 Å². The lowest BCUT2D eigenvalue weighted by molar-refractivity contribution is -0.126. The summed E-state index contributed by atoms with van der Waals surface area (Å²) < 4.78 is 11.2. The average molecular weight is 336 g/mol. The highest BCUT2D eigenvalue weighted by Gasteiger charge is 2.29. The van der Waals surface area contributed by atoms with Crippen LogP contribution in [0.4, 0.5) is 0 Å². The molecule has 8 nitrogen and oxygen atoms in total. The summed E-state index contributed by atoms with van der Waals surface area (Å²) in [7, 11) is 0. The Balaban J connectivity index is 1.94. The number of benzene rings is 1. The molecule has 8 heteroatoms. The molecular weight excluding hydrogens is 316 g/mol. The summed E-state index contributed by atoms with van der Waals surface area (Å²) in [6, 6.07) is 5.78. The van der Waals surface area contributed by atoms with Crippen molar-refractivity contribution in [3.05, 3.63) is 29.8 Å². The molecule has 1 fully saturated rings. The van der Waals surface area contributed by atoms with Crippen LogP contribution in [0.2, 0.25) is 0 Å². The van der Waals surface area contributed by atoms with Crippen LogP contribution in [0.25, 0.3) is 0 Å². The Hall–Kier alpha value is -2.61. The highest BCUT2D eigenvalue weighted by molar-refractivity contribution is 5.87. The van der Waals surface area contributed by atoms with Crippen molar-refractivity contribution in [1.82, 2.24) is 10.6 Å². The van der Waals surface area contributed by atoms with E-state index in [0.717, 1.165) is 0 Å². The number of ether oxygens (including phenoxy) is 2. The highest BCUT2D eigenvalue weighted by atomic mass is 16.5. The average Bonchev–Trinajstić information content (AvgIpc) is 2.55. The largest absolute Gasteiger partial charge is 0.486 e. The van der Waals surface area contributed by atoms with Gasteiger partial charge in [0.2, 0.25) is 11.8 Å². The second-order valence-corrected chi connectivity index (χ2v) is 5.43. The van der Waals surface area contributed by atoms with Gasteiger partial charge in [0.05, 0.1) is 24.8 Å². The van der Waals surface area contributed by atoms with Gasteiger partial charge < -0.3 is 25.2 Å². The van der Waals surface area contributed by atoms with Crippen LogP contribution in [-0.4, -0.2) is 54.8 Å². The van der Waals surface area contributed by atoms with Gasteiger partial charge in [-0.1, -0.05) is 0 Å². The molecule has 1 heterocycles. The number of aromatic carboxylic acids is 1. The summed E-state index contributed by atoms with van der Waals surface area (Å²) in [6.45, 7) is 2.07. The fourth-order valence-corrected chi connectivity index (χ4v) is 2.31. The van der Waals surface area contributed by atoms with Crippen molar-refractivity contribution in [2.75, 3.05) is 19.8 Å². The predicted molar refractivity (Wildman–Crippen MR) is 83.9 cm³/mol. The van der Waals surface area contributed by atoms with Gasteiger partial charge >= 0.3 is 5.97 Å². The summed E-state index contributed by atoms with van der Waals surface area (Å²) >= 11 is 0. The maximum atomic E-state index is 11.8. The number of hydrogen-bond donors (Lipinski definition) is 3. The van der Waals surface area contributed by atoms with Gasteiger partial charge in [-0.25, -0.2) is 4.79 Å². The van der Waals surface area contributed by atoms with E-state index < -0.39 is 12.1 Å². The van der Waals surface area contributed by atoms with E-state index in [1.165, 1.54) is 19.1 Å². The van der Waals surface area contributed by atoms with Gasteiger partial charge in [-0.15, -0.1) is 0 Å². The third-order valence-corrected chi connectivity index (χ3v) is 3.54. The minimum atomic E-state index is -1.01. The Labute approximate surface area is 139 Å². The standard InChI is InChI=1S/C16H20N2O6/c1-10(19)17-8-15(20)18-13-6-7-23-9-14(13)24-12-4-2-11(3-5-12)16(21)22/h2-5,13-14H,6-9H2,1H3,(H,17,19)(H,18,20)(H,21,22)/t13-,14-/m1/s1. The van der Waals surface area contributed by atoms with Gasteiger partial charge in [-0.2, -0.15) is 0 Å². The van der Waals surface area contributed by atoms with Gasteiger partial charge in [0.15, 0.2) is 0 Å². The number of amides is 2. The molecule has 2 atom stereocenters. The number of carbonyl (C=O) groups is 3. The Morgan fingerprint density at radius 1 is 1.29 bits per heavy atom. The second-order valence-electron chi connectivity index (χ2n) is 5.43. The van der Waals surface area contributed by atoms with Crippen molar-refractivity contribution in [2.45, 2.75) is 25.5 Å². The first-order chi connectivity index (χ1) is 11.5. The van der Waals surface area contributed by atoms with Gasteiger partial charge in [-0.05, 0) is 30.7 Å². The first-order valence-corrected chi connectivity index (χ1v) is 7.57. The Morgan fingerprint density at radius 2 is 2.00 bits per heavy atom. The van der Waals surface area contributed by atoms with Crippen LogP contribution < -0.4 is 15.4 Å². The summed E-state index contributed by atoms with van der Waals surface area (Å²) in [6.07, 6.45) is 0.194. The van der Waals surface area contributed by atoms with E-state index in [1.807, 2.05) is 0 Å². The van der Waals surface area contributed by atoms with Crippen LogP contribution in [0.1, 0.15) is 23.7 Å². The molecule has 0 unspecified atom stereocenters. The second kappa shape index (κ2) is 8.30. The van der Waals surface area contributed by atoms with E-state index in [-0.39, 0.29) is 30.0 Å². The molecule has 130 valence electrons. The van der Waals surface area contributed by atoms with Crippen molar-refractivity contribution >= 4 is 17.8 Å². The molecule has 1 aromatic rings. The summed E-state index contributed by atoms with van der Waals surface area (Å²) in [5.74, 6) is -1.09. The summed E-state index contributed by atoms with van der Waals surface area (Å²) in [4.78, 5) is 33.5. The number of rotatable bonds is 6. The number of nitrogens with one attached hydrogen (secondary N) is 2. The molecule has 0 aliphatic carbocycles. The van der Waals surface area contributed by atoms with E-state index in [9.17, 15) is 14.4 Å². The molecule has 0 spiro atoms. The van der Waals surface area contributed by atoms with Crippen molar-refractivity contribution in [2.24, 2.45) is 0 Å². The Kier molecular flexibility index (Phi) is 6.14. The predicted octanol–water partition coefficient (Wildman–Crippen LogP) is 0.173. The van der Waals surface area contributed by atoms with Crippen LogP contribution in [0.3, 0.4) is 0 Å². The molecule has 1 aliphatic heterocycles. The van der Waals surface area contributed by atoms with E-state index in [2.05, 4.69) is 10.6 Å². The van der Waals surface area contributed by atoms with Crippen LogP contribution in [0, 0.1) is 0 Å². The first-order valence-electron chi connectivity index (χ1n) is 7.57. The first kappa shape index (κ1) is 17.7. The van der Waals surface area contributed by atoms with E-state index in [0.29, 0.717) is 25.4 Å². The molecule has 1 aromatic carbocycles. The lowest BCUT2D eigenvalue weighted by Crippen LogP contribution is -2.53. The highest BCUT2D eigenvalue weighted by Crippen LogP contribution is 2.18. The van der Waals surface area contributed by atoms with Crippen LogP contribution in [0.15, 0.2) is 24.3 Å². The normalized spacial score (nSPS) is 20.0. The molecule has 2 amide bonds. The van der Waals surface area contributed by atoms with E-state index in [1.54, 1.807) is 12.1 Å². The van der Waals surface area contributed by atoms with Crippen molar-refractivity contribution in [3.63, 3.8) is 0 Å². The third kappa shape index (κ3) is 5.24. The molecule has 0 bridgehead atoms. The summed E-state index contributed by atoms with van der Waals surface area (Å²) in [5.41, 5.74) is 0.169. The Bertz CT molecular complexity index is 601. The molecule has 24 heavy (non-hydrogen) atoms. The van der Waals surface area contributed by atoms with Gasteiger partial charge in [0.1, 0.15) is 11.9 Å². The molecule has 0 radical (unpaired) electrons. The zero-order valence-corrected chi connectivity index (χ0v) is 13.3. The molecular formula is C16H20N2O6. The van der Waals surface area contributed by atoms with Crippen molar-refractivity contribution in [1.29, 1.82) is 0 Å². The smallest absolute Gasteiger partial charge is 0.335 e.